The van der Waals surface area contributed by atoms with Gasteiger partial charge < -0.3 is 20.5 Å². The van der Waals surface area contributed by atoms with Gasteiger partial charge in [-0.1, -0.05) is 5.92 Å². The largest absolute Gasteiger partial charge is 0.480 e. The Bertz CT molecular complexity index is 383. The first kappa shape index (κ1) is 15.8. The summed E-state index contributed by atoms with van der Waals surface area (Å²) in [5.74, 6) is 0.240. The van der Waals surface area contributed by atoms with Crippen LogP contribution in [-0.2, 0) is 14.3 Å². The number of urea groups is 1. The maximum Gasteiger partial charge on any atom is 0.326 e. The molecule has 2 amide bonds. The van der Waals surface area contributed by atoms with Gasteiger partial charge in [0.2, 0.25) is 0 Å². The molecule has 0 aromatic carbocycles. The van der Waals surface area contributed by atoms with Crippen molar-refractivity contribution in [3.05, 3.63) is 0 Å². The molecule has 0 aromatic heterocycles. The van der Waals surface area contributed by atoms with Crippen LogP contribution in [0.5, 0.6) is 0 Å². The fourth-order valence-electron chi connectivity index (χ4n) is 0.964. The molecule has 0 heterocycles. The molecule has 100 valence electrons. The van der Waals surface area contributed by atoms with E-state index >= 15 is 0 Å². The third-order valence-electron chi connectivity index (χ3n) is 1.99. The van der Waals surface area contributed by atoms with Crippen LogP contribution in [0.1, 0.15) is 20.3 Å². The molecule has 0 aliphatic carbocycles. The van der Waals surface area contributed by atoms with E-state index in [0.29, 0.717) is 0 Å². The van der Waals surface area contributed by atoms with Gasteiger partial charge in [0.05, 0.1) is 19.1 Å². The van der Waals surface area contributed by atoms with Crippen LogP contribution in [-0.4, -0.2) is 41.8 Å². The maximum atomic E-state index is 11.5. The summed E-state index contributed by atoms with van der Waals surface area (Å²) in [7, 11) is 1.13. The number of hydrogen-bond donors (Lipinski definition) is 3. The normalized spacial score (nSPS) is 11.9. The molecule has 3 N–H and O–H groups in total. The van der Waals surface area contributed by atoms with Gasteiger partial charge in [-0.05, 0) is 13.8 Å². The number of rotatable bonds is 5. The Morgan fingerprint density at radius 3 is 2.39 bits per heavy atom. The molecule has 0 aromatic rings. The molecule has 0 fully saturated rings. The summed E-state index contributed by atoms with van der Waals surface area (Å²) in [5.41, 5.74) is -0.918. The van der Waals surface area contributed by atoms with Gasteiger partial charge in [0.1, 0.15) is 6.04 Å². The topological polar surface area (TPSA) is 105 Å². The van der Waals surface area contributed by atoms with Gasteiger partial charge in [-0.15, -0.1) is 6.42 Å². The van der Waals surface area contributed by atoms with Crippen molar-refractivity contribution in [2.75, 3.05) is 7.11 Å². The number of esters is 1. The number of amides is 2. The molecule has 0 spiro atoms. The van der Waals surface area contributed by atoms with Crippen LogP contribution in [0.4, 0.5) is 4.79 Å². The number of carboxylic acids is 1. The SMILES string of the molecule is C#CC(C)(C)NC(=O)N[C@@H](CC(=O)OC)C(=O)O. The van der Waals surface area contributed by atoms with Gasteiger partial charge in [0.15, 0.2) is 0 Å². The summed E-state index contributed by atoms with van der Waals surface area (Å²) in [6.07, 6.45) is 4.70. The molecule has 18 heavy (non-hydrogen) atoms. The zero-order valence-corrected chi connectivity index (χ0v) is 10.4. The summed E-state index contributed by atoms with van der Waals surface area (Å²) in [6, 6.07) is -2.14. The summed E-state index contributed by atoms with van der Waals surface area (Å²) < 4.78 is 4.33. The predicted molar refractivity (Wildman–Crippen MR) is 62.6 cm³/mol. The maximum absolute atomic E-state index is 11.5. The molecule has 0 aliphatic heterocycles. The molecule has 7 nitrogen and oxygen atoms in total. The minimum Gasteiger partial charge on any atom is -0.480 e. The second-order valence-electron chi connectivity index (χ2n) is 4.04. The summed E-state index contributed by atoms with van der Waals surface area (Å²) in [5, 5.41) is 13.3. The number of ether oxygens (including phenoxy) is 1. The highest BCUT2D eigenvalue weighted by molar-refractivity contribution is 5.86. The van der Waals surface area contributed by atoms with E-state index < -0.39 is 36.0 Å². The third-order valence-corrected chi connectivity index (χ3v) is 1.99. The van der Waals surface area contributed by atoms with Crippen molar-refractivity contribution in [2.45, 2.75) is 31.8 Å². The number of carbonyl (C=O) groups is 3. The lowest BCUT2D eigenvalue weighted by Crippen LogP contribution is -2.52. The molecule has 0 saturated carbocycles. The van der Waals surface area contributed by atoms with E-state index in [0.717, 1.165) is 7.11 Å². The zero-order chi connectivity index (χ0) is 14.3. The number of terminal acetylenes is 1. The minimum atomic E-state index is -1.37. The van der Waals surface area contributed by atoms with Gasteiger partial charge in [0, 0.05) is 0 Å². The monoisotopic (exact) mass is 256 g/mol. The lowest BCUT2D eigenvalue weighted by atomic mass is 10.1. The highest BCUT2D eigenvalue weighted by atomic mass is 16.5. The second-order valence-corrected chi connectivity index (χ2v) is 4.04. The van der Waals surface area contributed by atoms with Crippen LogP contribution in [0.2, 0.25) is 0 Å². The van der Waals surface area contributed by atoms with Crippen LogP contribution >= 0.6 is 0 Å². The van der Waals surface area contributed by atoms with Gasteiger partial charge in [-0.3, -0.25) is 4.79 Å². The second kappa shape index (κ2) is 6.49. The van der Waals surface area contributed by atoms with E-state index in [2.05, 4.69) is 21.3 Å². The van der Waals surface area contributed by atoms with Gasteiger partial charge >= 0.3 is 18.0 Å². The van der Waals surface area contributed by atoms with Crippen molar-refractivity contribution in [2.24, 2.45) is 0 Å². The molecular formula is C11H16N2O5. The first-order valence-electron chi connectivity index (χ1n) is 5.08. The fraction of sp³-hybridized carbons (Fsp3) is 0.545. The number of nitrogens with one attached hydrogen (secondary N) is 2. The number of methoxy groups -OCH3 is 1. The zero-order valence-electron chi connectivity index (χ0n) is 10.4. The number of hydrogen-bond acceptors (Lipinski definition) is 4. The predicted octanol–water partition coefficient (Wildman–Crippen LogP) is -0.286. The third kappa shape index (κ3) is 5.75. The number of carbonyl (C=O) groups excluding carboxylic acids is 2. The lowest BCUT2D eigenvalue weighted by molar-refractivity contribution is -0.147. The van der Waals surface area contributed by atoms with Gasteiger partial charge in [0.25, 0.3) is 0 Å². The van der Waals surface area contributed by atoms with Gasteiger partial charge in [-0.2, -0.15) is 0 Å². The van der Waals surface area contributed by atoms with Crippen molar-refractivity contribution in [1.82, 2.24) is 10.6 Å². The van der Waals surface area contributed by atoms with Crippen LogP contribution in [0.25, 0.3) is 0 Å². The van der Waals surface area contributed by atoms with Crippen molar-refractivity contribution < 1.29 is 24.2 Å². The first-order valence-corrected chi connectivity index (χ1v) is 5.08. The van der Waals surface area contributed by atoms with Crippen molar-refractivity contribution in [3.8, 4) is 12.3 Å². The van der Waals surface area contributed by atoms with Crippen molar-refractivity contribution >= 4 is 18.0 Å². The Hall–Kier alpha value is -2.23. The Morgan fingerprint density at radius 1 is 1.44 bits per heavy atom. The molecule has 7 heteroatoms. The molecule has 0 radical (unpaired) electrons. The van der Waals surface area contributed by atoms with E-state index in [1.54, 1.807) is 13.8 Å². The van der Waals surface area contributed by atoms with E-state index in [-0.39, 0.29) is 0 Å². The molecular weight excluding hydrogens is 240 g/mol. The average molecular weight is 256 g/mol. The summed E-state index contributed by atoms with van der Waals surface area (Å²) >= 11 is 0. The number of carboxylic acid groups (broad SMARTS) is 1. The van der Waals surface area contributed by atoms with Gasteiger partial charge in [-0.25, -0.2) is 9.59 Å². The van der Waals surface area contributed by atoms with E-state index in [1.165, 1.54) is 0 Å². The molecule has 0 unspecified atom stereocenters. The Kier molecular flexibility index (Phi) is 5.69. The highest BCUT2D eigenvalue weighted by Gasteiger charge is 2.25. The quantitative estimate of drug-likeness (QED) is 0.463. The minimum absolute atomic E-state index is 0.463. The fourth-order valence-corrected chi connectivity index (χ4v) is 0.964. The molecule has 1 atom stereocenters. The van der Waals surface area contributed by atoms with Crippen molar-refractivity contribution in [3.63, 3.8) is 0 Å². The van der Waals surface area contributed by atoms with E-state index in [9.17, 15) is 14.4 Å². The van der Waals surface area contributed by atoms with E-state index in [4.69, 9.17) is 11.5 Å². The van der Waals surface area contributed by atoms with Crippen molar-refractivity contribution in [1.29, 1.82) is 0 Å². The summed E-state index contributed by atoms with van der Waals surface area (Å²) in [6.45, 7) is 3.14. The standard InChI is InChI=1S/C11H16N2O5/c1-5-11(2,3)13-10(17)12-7(9(15)16)6-8(14)18-4/h1,7H,6H2,2-4H3,(H,15,16)(H2,12,13,17)/t7-/m0/s1. The highest BCUT2D eigenvalue weighted by Crippen LogP contribution is 2.00. The van der Waals surface area contributed by atoms with E-state index in [1.807, 2.05) is 0 Å². The molecule has 0 aliphatic rings. The Labute approximate surface area is 105 Å². The van der Waals surface area contributed by atoms with Crippen LogP contribution < -0.4 is 10.6 Å². The van der Waals surface area contributed by atoms with Crippen LogP contribution in [0, 0.1) is 12.3 Å². The molecule has 0 rings (SSSR count). The molecule has 0 bridgehead atoms. The van der Waals surface area contributed by atoms with Crippen LogP contribution in [0.15, 0.2) is 0 Å². The first-order chi connectivity index (χ1) is 8.21. The number of aliphatic carboxylic acids is 1. The Morgan fingerprint density at radius 2 is 2.00 bits per heavy atom. The average Bonchev–Trinajstić information content (AvgIpc) is 2.27. The summed E-state index contributed by atoms with van der Waals surface area (Å²) in [4.78, 5) is 33.3. The Balaban J connectivity index is 4.52. The smallest absolute Gasteiger partial charge is 0.326 e. The van der Waals surface area contributed by atoms with Crippen LogP contribution in [0.3, 0.4) is 0 Å². The molecule has 0 saturated heterocycles. The lowest BCUT2D eigenvalue weighted by Gasteiger charge is -2.21.